The fraction of sp³-hybridized carbons (Fsp3) is 1.00. The van der Waals surface area contributed by atoms with Crippen LogP contribution in [0.2, 0.25) is 0 Å². The first kappa shape index (κ1) is 17.0. The molecular formula is C17H35NO. The van der Waals surface area contributed by atoms with E-state index >= 15 is 0 Å². The van der Waals surface area contributed by atoms with E-state index in [0.29, 0.717) is 5.92 Å². The summed E-state index contributed by atoms with van der Waals surface area (Å²) in [5, 5.41) is 11.1. The van der Waals surface area contributed by atoms with Crippen LogP contribution in [0.4, 0.5) is 0 Å². The molecule has 0 bridgehead atoms. The monoisotopic (exact) mass is 269 g/mol. The standard InChI is InChI=1S/C17H35NO/c1-6-14-12-10-11-13-15(14)16(19)17(5,7-2)18(8-3)9-4/h14-16,19H,6-13H2,1-5H3. The molecule has 0 aromatic carbocycles. The van der Waals surface area contributed by atoms with E-state index in [9.17, 15) is 5.11 Å². The highest BCUT2D eigenvalue weighted by molar-refractivity contribution is 4.97. The maximum atomic E-state index is 11.1. The second-order valence-electron chi connectivity index (χ2n) is 6.44. The van der Waals surface area contributed by atoms with Gasteiger partial charge in [-0.1, -0.05) is 53.4 Å². The molecule has 0 aliphatic heterocycles. The van der Waals surface area contributed by atoms with E-state index in [0.717, 1.165) is 25.4 Å². The van der Waals surface area contributed by atoms with Crippen LogP contribution in [0, 0.1) is 11.8 Å². The van der Waals surface area contributed by atoms with Crippen molar-refractivity contribution in [3.63, 3.8) is 0 Å². The Kier molecular flexibility index (Phi) is 6.82. The third-order valence-corrected chi connectivity index (χ3v) is 5.74. The van der Waals surface area contributed by atoms with E-state index < -0.39 is 0 Å². The molecule has 0 heterocycles. The molecule has 1 aliphatic rings. The first-order valence-electron chi connectivity index (χ1n) is 8.48. The molecule has 0 amide bonds. The number of nitrogens with zero attached hydrogens (tertiary/aromatic N) is 1. The SMILES string of the molecule is CCC1CCCCC1C(O)C(C)(CC)N(CC)CC. The molecule has 0 aromatic rings. The fourth-order valence-electron chi connectivity index (χ4n) is 4.19. The van der Waals surface area contributed by atoms with E-state index in [1.54, 1.807) is 0 Å². The third-order valence-electron chi connectivity index (χ3n) is 5.74. The lowest BCUT2D eigenvalue weighted by atomic mass is 9.69. The van der Waals surface area contributed by atoms with Gasteiger partial charge in [-0.2, -0.15) is 0 Å². The molecule has 2 heteroatoms. The lowest BCUT2D eigenvalue weighted by Gasteiger charge is -2.48. The summed E-state index contributed by atoms with van der Waals surface area (Å²) < 4.78 is 0. The van der Waals surface area contributed by atoms with Crippen molar-refractivity contribution in [1.29, 1.82) is 0 Å². The summed E-state index contributed by atoms with van der Waals surface area (Å²) in [5.41, 5.74) is -0.0566. The van der Waals surface area contributed by atoms with Gasteiger partial charge in [0.15, 0.2) is 0 Å². The summed E-state index contributed by atoms with van der Waals surface area (Å²) >= 11 is 0. The zero-order chi connectivity index (χ0) is 14.5. The summed E-state index contributed by atoms with van der Waals surface area (Å²) in [7, 11) is 0. The largest absolute Gasteiger partial charge is 0.391 e. The van der Waals surface area contributed by atoms with E-state index in [1.807, 2.05) is 0 Å². The quantitative estimate of drug-likeness (QED) is 0.753. The second kappa shape index (κ2) is 7.64. The summed E-state index contributed by atoms with van der Waals surface area (Å²) in [6.45, 7) is 13.3. The Balaban J connectivity index is 2.89. The van der Waals surface area contributed by atoms with E-state index in [-0.39, 0.29) is 11.6 Å². The molecule has 1 N–H and O–H groups in total. The lowest BCUT2D eigenvalue weighted by molar-refractivity contribution is -0.0743. The first-order valence-corrected chi connectivity index (χ1v) is 8.48. The van der Waals surface area contributed by atoms with Gasteiger partial charge in [0.25, 0.3) is 0 Å². The van der Waals surface area contributed by atoms with Crippen LogP contribution in [-0.4, -0.2) is 34.7 Å². The second-order valence-corrected chi connectivity index (χ2v) is 6.44. The van der Waals surface area contributed by atoms with Crippen LogP contribution in [0.3, 0.4) is 0 Å². The van der Waals surface area contributed by atoms with Gasteiger partial charge in [-0.25, -0.2) is 0 Å². The maximum absolute atomic E-state index is 11.1. The first-order chi connectivity index (χ1) is 9.04. The van der Waals surface area contributed by atoms with Crippen LogP contribution in [0.1, 0.15) is 73.1 Å². The minimum atomic E-state index is -0.178. The average Bonchev–Trinajstić information content (AvgIpc) is 2.47. The molecular weight excluding hydrogens is 234 g/mol. The normalized spacial score (nSPS) is 29.2. The molecule has 2 nitrogen and oxygen atoms in total. The molecule has 1 fully saturated rings. The van der Waals surface area contributed by atoms with Crippen LogP contribution < -0.4 is 0 Å². The lowest BCUT2D eigenvalue weighted by Crippen LogP contribution is -2.57. The van der Waals surface area contributed by atoms with Gasteiger partial charge in [-0.15, -0.1) is 0 Å². The molecule has 0 spiro atoms. The van der Waals surface area contributed by atoms with Gasteiger partial charge in [0.2, 0.25) is 0 Å². The predicted octanol–water partition coefficient (Wildman–Crippen LogP) is 4.07. The van der Waals surface area contributed by atoms with Crippen molar-refractivity contribution < 1.29 is 5.11 Å². The molecule has 0 saturated heterocycles. The van der Waals surface area contributed by atoms with Crippen molar-refractivity contribution in [3.8, 4) is 0 Å². The average molecular weight is 269 g/mol. The number of aliphatic hydroxyl groups is 1. The highest BCUT2D eigenvalue weighted by Crippen LogP contribution is 2.40. The van der Waals surface area contributed by atoms with Crippen molar-refractivity contribution in [2.24, 2.45) is 11.8 Å². The Morgan fingerprint density at radius 3 is 2.16 bits per heavy atom. The van der Waals surface area contributed by atoms with E-state index in [2.05, 4.69) is 39.5 Å². The zero-order valence-electron chi connectivity index (χ0n) is 13.8. The predicted molar refractivity (Wildman–Crippen MR) is 83.4 cm³/mol. The summed E-state index contributed by atoms with van der Waals surface area (Å²) in [5.74, 6) is 1.23. The van der Waals surface area contributed by atoms with Crippen molar-refractivity contribution in [3.05, 3.63) is 0 Å². The Labute approximate surface area is 120 Å². The van der Waals surface area contributed by atoms with Crippen molar-refractivity contribution in [2.45, 2.75) is 84.8 Å². The third kappa shape index (κ3) is 3.52. The van der Waals surface area contributed by atoms with Gasteiger partial charge in [-0.05, 0) is 44.7 Å². The molecule has 1 aliphatic carbocycles. The van der Waals surface area contributed by atoms with Crippen LogP contribution >= 0.6 is 0 Å². The van der Waals surface area contributed by atoms with Crippen molar-refractivity contribution >= 4 is 0 Å². The smallest absolute Gasteiger partial charge is 0.0751 e. The molecule has 4 unspecified atom stereocenters. The highest BCUT2D eigenvalue weighted by Gasteiger charge is 2.43. The van der Waals surface area contributed by atoms with E-state index in [4.69, 9.17) is 0 Å². The van der Waals surface area contributed by atoms with Crippen molar-refractivity contribution in [1.82, 2.24) is 4.90 Å². The number of likely N-dealkylation sites (N-methyl/N-ethyl adjacent to an activating group) is 1. The Morgan fingerprint density at radius 2 is 1.68 bits per heavy atom. The highest BCUT2D eigenvalue weighted by atomic mass is 16.3. The van der Waals surface area contributed by atoms with Gasteiger partial charge in [-0.3, -0.25) is 4.90 Å². The summed E-state index contributed by atoms with van der Waals surface area (Å²) in [6.07, 6.45) is 7.27. The van der Waals surface area contributed by atoms with E-state index in [1.165, 1.54) is 32.1 Å². The Bertz CT molecular complexity index is 252. The molecule has 1 saturated carbocycles. The molecule has 4 atom stereocenters. The van der Waals surface area contributed by atoms with Gasteiger partial charge in [0.1, 0.15) is 0 Å². The van der Waals surface area contributed by atoms with Crippen LogP contribution in [0.15, 0.2) is 0 Å². The molecule has 0 aromatic heterocycles. The van der Waals surface area contributed by atoms with Crippen molar-refractivity contribution in [2.75, 3.05) is 13.1 Å². The molecule has 114 valence electrons. The van der Waals surface area contributed by atoms with Gasteiger partial charge < -0.3 is 5.11 Å². The molecule has 0 radical (unpaired) electrons. The van der Waals surface area contributed by atoms with Crippen LogP contribution in [-0.2, 0) is 0 Å². The minimum Gasteiger partial charge on any atom is -0.391 e. The number of rotatable bonds is 7. The molecule has 19 heavy (non-hydrogen) atoms. The van der Waals surface area contributed by atoms with Crippen LogP contribution in [0.25, 0.3) is 0 Å². The number of aliphatic hydroxyl groups excluding tert-OH is 1. The topological polar surface area (TPSA) is 23.5 Å². The van der Waals surface area contributed by atoms with Gasteiger partial charge in [0.05, 0.1) is 6.10 Å². The Morgan fingerprint density at radius 1 is 1.11 bits per heavy atom. The molecule has 1 rings (SSSR count). The minimum absolute atomic E-state index is 0.0566. The van der Waals surface area contributed by atoms with Gasteiger partial charge >= 0.3 is 0 Å². The summed E-state index contributed by atoms with van der Waals surface area (Å²) in [4.78, 5) is 2.46. The number of hydrogen-bond donors (Lipinski definition) is 1. The zero-order valence-corrected chi connectivity index (χ0v) is 13.8. The summed E-state index contributed by atoms with van der Waals surface area (Å²) in [6, 6.07) is 0. The van der Waals surface area contributed by atoms with Crippen LogP contribution in [0.5, 0.6) is 0 Å². The van der Waals surface area contributed by atoms with Gasteiger partial charge in [0, 0.05) is 5.54 Å². The maximum Gasteiger partial charge on any atom is 0.0751 e. The fourth-order valence-corrected chi connectivity index (χ4v) is 4.19. The Hall–Kier alpha value is -0.0800. The number of hydrogen-bond acceptors (Lipinski definition) is 2.